The molecule has 0 saturated carbocycles. The summed E-state index contributed by atoms with van der Waals surface area (Å²) in [5, 5.41) is 2.41. The molecule has 0 radical (unpaired) electrons. The maximum atomic E-state index is 5.57. The van der Waals surface area contributed by atoms with Gasteiger partial charge in [0.15, 0.2) is 3.92 Å². The van der Waals surface area contributed by atoms with E-state index in [1.54, 1.807) is 12.2 Å². The van der Waals surface area contributed by atoms with E-state index in [0.29, 0.717) is 5.03 Å². The van der Waals surface area contributed by atoms with Crippen molar-refractivity contribution in [2.75, 3.05) is 0 Å². The summed E-state index contributed by atoms with van der Waals surface area (Å²) in [5.41, 5.74) is 1.68. The first-order valence-corrected chi connectivity index (χ1v) is 5.47. The second-order valence-corrected chi connectivity index (χ2v) is 4.91. The summed E-state index contributed by atoms with van der Waals surface area (Å²) in [6.07, 6.45) is 3.48. The summed E-state index contributed by atoms with van der Waals surface area (Å²) in [6, 6.07) is 0. The third-order valence-electron chi connectivity index (χ3n) is 1.27. The molecular formula is C9H7BrClNS. The Kier molecular flexibility index (Phi) is 3.90. The highest BCUT2D eigenvalue weighted by Crippen LogP contribution is 2.21. The first-order chi connectivity index (χ1) is 6.09. The molecule has 68 valence electrons. The Balaban J connectivity index is 2.75. The first-order valence-electron chi connectivity index (χ1n) is 3.42. The summed E-state index contributed by atoms with van der Waals surface area (Å²) in [4.78, 5) is 4.20. The summed E-state index contributed by atoms with van der Waals surface area (Å²) >= 11 is 10.4. The molecule has 1 aromatic rings. The fraction of sp³-hybridized carbons (Fsp3) is 0. The van der Waals surface area contributed by atoms with Crippen molar-refractivity contribution in [3.8, 4) is 0 Å². The maximum absolute atomic E-state index is 5.57. The number of nitrogens with zero attached hydrogens (tertiary/aromatic N) is 1. The second-order valence-electron chi connectivity index (χ2n) is 2.29. The lowest BCUT2D eigenvalue weighted by molar-refractivity contribution is 1.33. The Labute approximate surface area is 94.6 Å². The van der Waals surface area contributed by atoms with E-state index in [4.69, 9.17) is 11.6 Å². The van der Waals surface area contributed by atoms with Crippen molar-refractivity contribution in [3.63, 3.8) is 0 Å². The van der Waals surface area contributed by atoms with E-state index in [9.17, 15) is 0 Å². The number of aromatic nitrogens is 1. The summed E-state index contributed by atoms with van der Waals surface area (Å²) in [5.74, 6) is 0. The van der Waals surface area contributed by atoms with Crippen LogP contribution < -0.4 is 0 Å². The van der Waals surface area contributed by atoms with Crippen molar-refractivity contribution in [2.24, 2.45) is 0 Å². The smallest absolute Gasteiger partial charge is 0.159 e. The Morgan fingerprint density at radius 2 is 2.23 bits per heavy atom. The number of allylic oxidation sites excluding steroid dienone is 4. The molecular weight excluding hydrogens is 270 g/mol. The van der Waals surface area contributed by atoms with Gasteiger partial charge in [0, 0.05) is 10.4 Å². The van der Waals surface area contributed by atoms with Crippen LogP contribution in [0.1, 0.15) is 5.69 Å². The van der Waals surface area contributed by atoms with Gasteiger partial charge in [-0.05, 0) is 27.6 Å². The lowest BCUT2D eigenvalue weighted by Crippen LogP contribution is -1.77. The third kappa shape index (κ3) is 3.46. The average molecular weight is 277 g/mol. The van der Waals surface area contributed by atoms with Crippen molar-refractivity contribution in [2.45, 2.75) is 0 Å². The van der Waals surface area contributed by atoms with Crippen LogP contribution in [-0.4, -0.2) is 4.98 Å². The van der Waals surface area contributed by atoms with Crippen LogP contribution in [0.15, 0.2) is 39.6 Å². The second kappa shape index (κ2) is 4.74. The van der Waals surface area contributed by atoms with Gasteiger partial charge in [0.25, 0.3) is 0 Å². The molecule has 0 aromatic carbocycles. The standard InChI is InChI=1S/C9H7BrClNS/c1-6(3-4-7(2)11)8-5-13-9(10)12-8/h3-5H,1-2H2/b4-3-. The molecule has 1 heterocycles. The fourth-order valence-corrected chi connectivity index (χ4v) is 1.77. The quantitative estimate of drug-likeness (QED) is 0.753. The Morgan fingerprint density at radius 3 is 2.69 bits per heavy atom. The lowest BCUT2D eigenvalue weighted by atomic mass is 10.2. The van der Waals surface area contributed by atoms with Gasteiger partial charge in [-0.25, -0.2) is 4.98 Å². The van der Waals surface area contributed by atoms with Crippen molar-refractivity contribution >= 4 is 44.4 Å². The maximum Gasteiger partial charge on any atom is 0.159 e. The number of rotatable bonds is 3. The molecule has 0 amide bonds. The Hall–Kier alpha value is -0.380. The minimum absolute atomic E-state index is 0.482. The van der Waals surface area contributed by atoms with Gasteiger partial charge < -0.3 is 0 Å². The van der Waals surface area contributed by atoms with Crippen LogP contribution in [0.25, 0.3) is 5.57 Å². The molecule has 1 nitrogen and oxygen atoms in total. The molecule has 0 spiro atoms. The van der Waals surface area contributed by atoms with E-state index in [1.165, 1.54) is 11.3 Å². The minimum Gasteiger partial charge on any atom is -0.229 e. The van der Waals surface area contributed by atoms with Crippen molar-refractivity contribution in [1.29, 1.82) is 0 Å². The van der Waals surface area contributed by atoms with E-state index in [0.717, 1.165) is 15.2 Å². The number of halogens is 2. The van der Waals surface area contributed by atoms with Gasteiger partial charge in [-0.3, -0.25) is 0 Å². The highest BCUT2D eigenvalue weighted by Gasteiger charge is 1.99. The summed E-state index contributed by atoms with van der Waals surface area (Å²) in [6.45, 7) is 7.38. The average Bonchev–Trinajstić information content (AvgIpc) is 2.47. The van der Waals surface area contributed by atoms with Gasteiger partial charge >= 0.3 is 0 Å². The van der Waals surface area contributed by atoms with Crippen molar-refractivity contribution in [1.82, 2.24) is 4.98 Å². The van der Waals surface area contributed by atoms with E-state index >= 15 is 0 Å². The molecule has 1 aromatic heterocycles. The molecule has 1 rings (SSSR count). The number of thiazole rings is 1. The molecule has 0 aliphatic rings. The van der Waals surface area contributed by atoms with Gasteiger partial charge in [0.2, 0.25) is 0 Å². The van der Waals surface area contributed by atoms with Gasteiger partial charge in [0.1, 0.15) is 0 Å². The minimum atomic E-state index is 0.482. The molecule has 0 bridgehead atoms. The van der Waals surface area contributed by atoms with Gasteiger partial charge in [-0.15, -0.1) is 11.3 Å². The zero-order valence-electron chi connectivity index (χ0n) is 6.76. The van der Waals surface area contributed by atoms with Crippen LogP contribution >= 0.6 is 38.9 Å². The summed E-state index contributed by atoms with van der Waals surface area (Å²) < 4.78 is 0.849. The van der Waals surface area contributed by atoms with Crippen molar-refractivity contribution < 1.29 is 0 Å². The van der Waals surface area contributed by atoms with E-state index in [-0.39, 0.29) is 0 Å². The predicted molar refractivity (Wildman–Crippen MR) is 63.0 cm³/mol. The molecule has 0 aliphatic heterocycles. The predicted octanol–water partition coefficient (Wildman–Crippen LogP) is 4.23. The van der Waals surface area contributed by atoms with Crippen LogP contribution in [0.2, 0.25) is 0 Å². The van der Waals surface area contributed by atoms with Crippen LogP contribution in [0.5, 0.6) is 0 Å². The highest BCUT2D eigenvalue weighted by molar-refractivity contribution is 9.11. The number of hydrogen-bond donors (Lipinski definition) is 0. The first kappa shape index (κ1) is 10.7. The molecule has 0 saturated heterocycles. The number of hydrogen-bond acceptors (Lipinski definition) is 2. The molecule has 4 heteroatoms. The fourth-order valence-electron chi connectivity index (χ4n) is 0.676. The van der Waals surface area contributed by atoms with E-state index in [2.05, 4.69) is 34.1 Å². The van der Waals surface area contributed by atoms with Crippen LogP contribution in [0.3, 0.4) is 0 Å². The lowest BCUT2D eigenvalue weighted by Gasteiger charge is -1.91. The van der Waals surface area contributed by atoms with Gasteiger partial charge in [-0.2, -0.15) is 0 Å². The monoisotopic (exact) mass is 275 g/mol. The molecule has 0 N–H and O–H groups in total. The summed E-state index contributed by atoms with van der Waals surface area (Å²) in [7, 11) is 0. The zero-order chi connectivity index (χ0) is 9.84. The topological polar surface area (TPSA) is 12.9 Å². The van der Waals surface area contributed by atoms with Crippen molar-refractivity contribution in [3.05, 3.63) is 45.3 Å². The Bertz CT molecular complexity index is 367. The molecule has 0 fully saturated rings. The normalized spacial score (nSPS) is 10.6. The van der Waals surface area contributed by atoms with Crippen LogP contribution in [0, 0.1) is 0 Å². The molecule has 0 atom stereocenters. The molecule has 0 unspecified atom stereocenters. The SMILES string of the molecule is C=C(Cl)/C=C\C(=C)c1csc(Br)n1. The highest BCUT2D eigenvalue weighted by atomic mass is 79.9. The van der Waals surface area contributed by atoms with E-state index < -0.39 is 0 Å². The van der Waals surface area contributed by atoms with Gasteiger partial charge in [-0.1, -0.05) is 30.8 Å². The van der Waals surface area contributed by atoms with Gasteiger partial charge in [0.05, 0.1) is 5.69 Å². The third-order valence-corrected chi connectivity index (χ3v) is 2.76. The zero-order valence-corrected chi connectivity index (χ0v) is 9.92. The van der Waals surface area contributed by atoms with Crippen LogP contribution in [0.4, 0.5) is 0 Å². The largest absolute Gasteiger partial charge is 0.229 e. The van der Waals surface area contributed by atoms with E-state index in [1.807, 2.05) is 5.38 Å². The Morgan fingerprint density at radius 1 is 1.54 bits per heavy atom. The molecule has 13 heavy (non-hydrogen) atoms. The molecule has 0 aliphatic carbocycles. The van der Waals surface area contributed by atoms with Crippen LogP contribution in [-0.2, 0) is 0 Å².